The molecule has 0 spiro atoms. The summed E-state index contributed by atoms with van der Waals surface area (Å²) in [5.74, 6) is -0.308. The molecule has 0 saturated heterocycles. The van der Waals surface area contributed by atoms with E-state index in [0.29, 0.717) is 23.5 Å². The first-order valence-corrected chi connectivity index (χ1v) is 10.0. The van der Waals surface area contributed by atoms with Gasteiger partial charge in [-0.3, -0.25) is 0 Å². The zero-order valence-electron chi connectivity index (χ0n) is 15.4. The lowest BCUT2D eigenvalue weighted by Crippen LogP contribution is -2.29. The topological polar surface area (TPSA) is 109 Å². The van der Waals surface area contributed by atoms with Crippen molar-refractivity contribution in [1.29, 1.82) is 0 Å². The monoisotopic (exact) mass is 420 g/mol. The van der Waals surface area contributed by atoms with Gasteiger partial charge in [0.05, 0.1) is 0 Å². The highest BCUT2D eigenvalue weighted by Gasteiger charge is 2.19. The molecule has 0 unspecified atom stereocenters. The molecule has 0 fully saturated rings. The van der Waals surface area contributed by atoms with Gasteiger partial charge in [-0.25, -0.2) is 26.9 Å². The van der Waals surface area contributed by atoms with Crippen molar-refractivity contribution in [2.45, 2.75) is 11.8 Å². The molecule has 0 atom stereocenters. The zero-order chi connectivity index (χ0) is 20.9. The maximum atomic E-state index is 13.6. The molecular weight excluding hydrogens is 402 g/mol. The van der Waals surface area contributed by atoms with Gasteiger partial charge in [0.2, 0.25) is 10.0 Å². The number of hydrogen-bond acceptors (Lipinski definition) is 7. The van der Waals surface area contributed by atoms with E-state index in [0.717, 1.165) is 17.7 Å². The molecule has 29 heavy (non-hydrogen) atoms. The number of pyridine rings is 1. The average Bonchev–Trinajstić information content (AvgIpc) is 2.68. The molecule has 3 rings (SSSR count). The summed E-state index contributed by atoms with van der Waals surface area (Å²) in [7, 11) is -4.17. The SMILES string of the molecule is Cc1ccnc(Nc2ccc(NCCNS(=O)(=O)c3cc(F)ccc3F)nn2)c1. The summed E-state index contributed by atoms with van der Waals surface area (Å²) in [5.41, 5.74) is 1.05. The van der Waals surface area contributed by atoms with E-state index in [1.807, 2.05) is 19.1 Å². The summed E-state index contributed by atoms with van der Waals surface area (Å²) < 4.78 is 53.1. The van der Waals surface area contributed by atoms with E-state index in [9.17, 15) is 17.2 Å². The van der Waals surface area contributed by atoms with Gasteiger partial charge in [0.1, 0.15) is 28.2 Å². The van der Waals surface area contributed by atoms with Crippen LogP contribution in [0.1, 0.15) is 5.56 Å². The third-order valence-corrected chi connectivity index (χ3v) is 5.22. The normalized spacial score (nSPS) is 11.3. The van der Waals surface area contributed by atoms with Crippen molar-refractivity contribution in [2.24, 2.45) is 0 Å². The van der Waals surface area contributed by atoms with Gasteiger partial charge in [0.15, 0.2) is 5.82 Å². The van der Waals surface area contributed by atoms with Crippen molar-refractivity contribution < 1.29 is 17.2 Å². The number of benzene rings is 1. The fourth-order valence-electron chi connectivity index (χ4n) is 2.37. The molecule has 0 radical (unpaired) electrons. The third-order valence-electron chi connectivity index (χ3n) is 3.74. The van der Waals surface area contributed by atoms with Crippen molar-refractivity contribution >= 4 is 27.5 Å². The van der Waals surface area contributed by atoms with Crippen LogP contribution in [-0.2, 0) is 10.0 Å². The summed E-state index contributed by atoms with van der Waals surface area (Å²) >= 11 is 0. The predicted octanol–water partition coefficient (Wildman–Crippen LogP) is 2.59. The lowest BCUT2D eigenvalue weighted by atomic mass is 10.3. The number of aryl methyl sites for hydroxylation is 1. The van der Waals surface area contributed by atoms with E-state index < -0.39 is 26.6 Å². The molecule has 11 heteroatoms. The van der Waals surface area contributed by atoms with Gasteiger partial charge in [-0.15, -0.1) is 10.2 Å². The van der Waals surface area contributed by atoms with Gasteiger partial charge >= 0.3 is 0 Å². The minimum atomic E-state index is -4.17. The van der Waals surface area contributed by atoms with E-state index in [1.165, 1.54) is 0 Å². The fourth-order valence-corrected chi connectivity index (χ4v) is 3.48. The van der Waals surface area contributed by atoms with Crippen LogP contribution in [0.3, 0.4) is 0 Å². The Kier molecular flexibility index (Phi) is 6.29. The Morgan fingerprint density at radius 1 is 0.931 bits per heavy atom. The maximum absolute atomic E-state index is 13.6. The van der Waals surface area contributed by atoms with Crippen molar-refractivity contribution in [3.63, 3.8) is 0 Å². The van der Waals surface area contributed by atoms with E-state index in [4.69, 9.17) is 0 Å². The number of hydrogen-bond donors (Lipinski definition) is 3. The Hall–Kier alpha value is -3.18. The maximum Gasteiger partial charge on any atom is 0.243 e. The molecule has 8 nitrogen and oxygen atoms in total. The number of anilines is 3. The molecule has 0 aliphatic heterocycles. The van der Waals surface area contributed by atoms with Crippen LogP contribution in [0.5, 0.6) is 0 Å². The van der Waals surface area contributed by atoms with Crippen molar-refractivity contribution in [3.8, 4) is 0 Å². The average molecular weight is 420 g/mol. The second kappa shape index (κ2) is 8.88. The second-order valence-electron chi connectivity index (χ2n) is 6.05. The summed E-state index contributed by atoms with van der Waals surface area (Å²) in [6.45, 7) is 2.05. The molecule has 3 N–H and O–H groups in total. The first-order chi connectivity index (χ1) is 13.8. The van der Waals surface area contributed by atoms with Crippen LogP contribution >= 0.6 is 0 Å². The van der Waals surface area contributed by atoms with Crippen LogP contribution in [0.15, 0.2) is 53.6 Å². The van der Waals surface area contributed by atoms with Crippen LogP contribution in [0, 0.1) is 18.6 Å². The third kappa shape index (κ3) is 5.65. The zero-order valence-corrected chi connectivity index (χ0v) is 16.2. The van der Waals surface area contributed by atoms with Crippen LogP contribution < -0.4 is 15.4 Å². The molecule has 0 aliphatic rings. The molecule has 0 bridgehead atoms. The minimum absolute atomic E-state index is 0.0623. The van der Waals surface area contributed by atoms with Crippen LogP contribution in [0.25, 0.3) is 0 Å². The number of nitrogens with one attached hydrogen (secondary N) is 3. The Balaban J connectivity index is 1.51. The van der Waals surface area contributed by atoms with E-state index in [1.54, 1.807) is 18.3 Å². The van der Waals surface area contributed by atoms with Gasteiger partial charge in [-0.2, -0.15) is 0 Å². The van der Waals surface area contributed by atoms with E-state index >= 15 is 0 Å². The molecule has 1 aromatic carbocycles. The summed E-state index contributed by atoms with van der Waals surface area (Å²) in [4.78, 5) is 3.43. The van der Waals surface area contributed by atoms with E-state index in [-0.39, 0.29) is 13.1 Å². The largest absolute Gasteiger partial charge is 0.367 e. The summed E-state index contributed by atoms with van der Waals surface area (Å²) in [6.07, 6.45) is 1.68. The number of sulfonamides is 1. The summed E-state index contributed by atoms with van der Waals surface area (Å²) in [5, 5.41) is 13.9. The van der Waals surface area contributed by atoms with Gasteiger partial charge in [0.25, 0.3) is 0 Å². The van der Waals surface area contributed by atoms with Gasteiger partial charge in [0, 0.05) is 19.3 Å². The van der Waals surface area contributed by atoms with Crippen molar-refractivity contribution in [3.05, 3.63) is 65.9 Å². The van der Waals surface area contributed by atoms with E-state index in [2.05, 4.69) is 30.5 Å². The summed E-state index contributed by atoms with van der Waals surface area (Å²) in [6, 6.07) is 9.33. The number of aromatic nitrogens is 3. The number of nitrogens with zero attached hydrogens (tertiary/aromatic N) is 3. The Morgan fingerprint density at radius 3 is 2.41 bits per heavy atom. The molecule has 152 valence electrons. The van der Waals surface area contributed by atoms with Gasteiger partial charge in [-0.1, -0.05) is 0 Å². The Morgan fingerprint density at radius 2 is 1.69 bits per heavy atom. The molecule has 3 aromatic rings. The smallest absolute Gasteiger partial charge is 0.243 e. The number of halogens is 2. The Labute approximate surface area is 166 Å². The van der Waals surface area contributed by atoms with Crippen molar-refractivity contribution in [1.82, 2.24) is 19.9 Å². The second-order valence-corrected chi connectivity index (χ2v) is 7.78. The molecule has 2 heterocycles. The minimum Gasteiger partial charge on any atom is -0.367 e. The van der Waals surface area contributed by atoms with Crippen LogP contribution in [0.4, 0.5) is 26.2 Å². The number of rotatable bonds is 8. The van der Waals surface area contributed by atoms with Gasteiger partial charge < -0.3 is 10.6 Å². The Bertz CT molecular complexity index is 1090. The molecule has 0 aliphatic carbocycles. The highest BCUT2D eigenvalue weighted by molar-refractivity contribution is 7.89. The molecule has 0 saturated carbocycles. The van der Waals surface area contributed by atoms with Crippen LogP contribution in [-0.4, -0.2) is 36.7 Å². The first kappa shape index (κ1) is 20.6. The fraction of sp³-hybridized carbons (Fsp3) is 0.167. The van der Waals surface area contributed by atoms with Crippen LogP contribution in [0.2, 0.25) is 0 Å². The quantitative estimate of drug-likeness (QED) is 0.481. The first-order valence-electron chi connectivity index (χ1n) is 8.55. The standard InChI is InChI=1S/C18H18F2N6O2S/c1-12-6-7-21-18(10-12)24-17-5-4-16(25-26-17)22-8-9-23-29(27,28)15-11-13(19)2-3-14(15)20/h2-7,10-11,23H,8-9H2,1H3,(H,22,25)(H,21,24,26). The van der Waals surface area contributed by atoms with Gasteiger partial charge in [-0.05, 0) is 55.0 Å². The molecular formula is C18H18F2N6O2S. The lowest BCUT2D eigenvalue weighted by Gasteiger charge is -2.09. The van der Waals surface area contributed by atoms with Crippen molar-refractivity contribution in [2.75, 3.05) is 23.7 Å². The lowest BCUT2D eigenvalue weighted by molar-refractivity contribution is 0.546. The molecule has 2 aromatic heterocycles. The highest BCUT2D eigenvalue weighted by Crippen LogP contribution is 2.16. The highest BCUT2D eigenvalue weighted by atomic mass is 32.2. The predicted molar refractivity (Wildman–Crippen MR) is 104 cm³/mol. The molecule has 0 amide bonds.